The highest BCUT2D eigenvalue weighted by atomic mass is 35.5. The number of amides is 1. The Bertz CT molecular complexity index is 1990. The van der Waals surface area contributed by atoms with Crippen LogP contribution in [0.1, 0.15) is 52.8 Å². The van der Waals surface area contributed by atoms with Gasteiger partial charge in [0.2, 0.25) is 11.8 Å². The van der Waals surface area contributed by atoms with Gasteiger partial charge in [-0.3, -0.25) is 9.69 Å². The van der Waals surface area contributed by atoms with Crippen LogP contribution >= 0.6 is 11.6 Å². The molecule has 6 rings (SSSR count). The average molecular weight is 730 g/mol. The molecule has 0 spiro atoms. The SMILES string of the molecule is CC(C(=O)N1CCN(Cc2ccc(CCOc3ccc(C)cc3)cc2)CC1)=C(C)c1cc(C)c(Oc2ccc(OCc3ccc(C)cc3)cn2)c(Cl)c1. The van der Waals surface area contributed by atoms with Crippen LogP contribution in [0.3, 0.4) is 0 Å². The van der Waals surface area contributed by atoms with Gasteiger partial charge in [-0.05, 0) is 98.3 Å². The minimum absolute atomic E-state index is 0.0577. The number of halogens is 1. The minimum atomic E-state index is 0.0577. The molecule has 0 N–H and O–H groups in total. The number of aromatic nitrogens is 1. The Kier molecular flexibility index (Phi) is 12.5. The first-order valence-corrected chi connectivity index (χ1v) is 18.6. The summed E-state index contributed by atoms with van der Waals surface area (Å²) in [6, 6.07) is 32.7. The second kappa shape index (κ2) is 17.6. The normalized spacial score (nSPS) is 13.7. The third-order valence-electron chi connectivity index (χ3n) is 9.76. The predicted octanol–water partition coefficient (Wildman–Crippen LogP) is 9.79. The number of pyridine rings is 1. The fourth-order valence-electron chi connectivity index (χ4n) is 6.26. The molecule has 5 aromatic rings. The summed E-state index contributed by atoms with van der Waals surface area (Å²) in [5, 5.41) is 0.457. The summed E-state index contributed by atoms with van der Waals surface area (Å²) >= 11 is 6.76. The van der Waals surface area contributed by atoms with E-state index in [1.165, 1.54) is 22.3 Å². The fourth-order valence-corrected chi connectivity index (χ4v) is 6.56. The summed E-state index contributed by atoms with van der Waals surface area (Å²) in [5.74, 6) is 2.57. The maximum absolute atomic E-state index is 13.6. The van der Waals surface area contributed by atoms with Crippen molar-refractivity contribution >= 4 is 23.1 Å². The number of benzene rings is 4. The number of nitrogens with zero attached hydrogens (tertiary/aromatic N) is 3. The first-order chi connectivity index (χ1) is 25.6. The molecule has 0 saturated carbocycles. The lowest BCUT2D eigenvalue weighted by Crippen LogP contribution is -2.48. The predicted molar refractivity (Wildman–Crippen MR) is 213 cm³/mol. The molecule has 274 valence electrons. The fraction of sp³-hybridized carbons (Fsp3) is 0.289. The molecule has 0 atom stereocenters. The van der Waals surface area contributed by atoms with Crippen molar-refractivity contribution < 1.29 is 19.0 Å². The Balaban J connectivity index is 0.979. The molecule has 7 nitrogen and oxygen atoms in total. The van der Waals surface area contributed by atoms with E-state index in [0.29, 0.717) is 54.3 Å². The van der Waals surface area contributed by atoms with E-state index in [1.54, 1.807) is 12.3 Å². The monoisotopic (exact) mass is 729 g/mol. The van der Waals surface area contributed by atoms with Gasteiger partial charge in [-0.1, -0.05) is 83.4 Å². The van der Waals surface area contributed by atoms with Crippen LogP contribution in [-0.2, 0) is 24.4 Å². The van der Waals surface area contributed by atoms with Crippen LogP contribution in [0.2, 0.25) is 5.02 Å². The van der Waals surface area contributed by atoms with Crippen molar-refractivity contribution in [2.24, 2.45) is 0 Å². The van der Waals surface area contributed by atoms with Gasteiger partial charge in [0, 0.05) is 50.8 Å². The Morgan fingerprint density at radius 2 is 1.36 bits per heavy atom. The smallest absolute Gasteiger partial charge is 0.249 e. The van der Waals surface area contributed by atoms with Crippen LogP contribution < -0.4 is 14.2 Å². The van der Waals surface area contributed by atoms with Gasteiger partial charge in [0.05, 0.1) is 17.8 Å². The largest absolute Gasteiger partial charge is 0.493 e. The molecule has 0 radical (unpaired) electrons. The van der Waals surface area contributed by atoms with E-state index in [0.717, 1.165) is 54.1 Å². The van der Waals surface area contributed by atoms with E-state index in [2.05, 4.69) is 84.4 Å². The molecule has 1 aliphatic heterocycles. The van der Waals surface area contributed by atoms with Crippen LogP contribution in [-0.4, -0.2) is 53.5 Å². The standard InChI is InChI=1S/C45H48ClN3O4/c1-31-6-10-38(11-7-31)30-52-41-18-19-43(47-28-41)53-44-33(3)26-39(27-42(44)46)34(4)35(5)45(50)49-23-21-48(22-24-49)29-37-14-12-36(13-15-37)20-25-51-40-16-8-32(2)9-17-40/h6-19,26-28H,20-25,29-30H2,1-5H3. The van der Waals surface area contributed by atoms with Crippen molar-refractivity contribution in [1.82, 2.24) is 14.8 Å². The molecular weight excluding hydrogens is 682 g/mol. The highest BCUT2D eigenvalue weighted by Gasteiger charge is 2.24. The lowest BCUT2D eigenvalue weighted by molar-refractivity contribution is -0.128. The van der Waals surface area contributed by atoms with E-state index in [9.17, 15) is 4.79 Å². The van der Waals surface area contributed by atoms with E-state index in [1.807, 2.05) is 56.0 Å². The third kappa shape index (κ3) is 10.3. The molecule has 0 bridgehead atoms. The minimum Gasteiger partial charge on any atom is -0.493 e. The zero-order valence-corrected chi connectivity index (χ0v) is 32.1. The zero-order chi connectivity index (χ0) is 37.3. The molecule has 1 fully saturated rings. The van der Waals surface area contributed by atoms with E-state index >= 15 is 0 Å². The van der Waals surface area contributed by atoms with Crippen molar-refractivity contribution in [1.29, 1.82) is 0 Å². The van der Waals surface area contributed by atoms with Crippen LogP contribution in [0.25, 0.3) is 5.57 Å². The molecule has 1 amide bonds. The van der Waals surface area contributed by atoms with E-state index in [4.69, 9.17) is 25.8 Å². The van der Waals surface area contributed by atoms with E-state index < -0.39 is 0 Å². The van der Waals surface area contributed by atoms with Crippen molar-refractivity contribution in [3.8, 4) is 23.1 Å². The van der Waals surface area contributed by atoms with Gasteiger partial charge in [-0.25, -0.2) is 4.98 Å². The number of ether oxygens (including phenoxy) is 3. The number of allylic oxidation sites excluding steroid dienone is 1. The van der Waals surface area contributed by atoms with Gasteiger partial charge in [0.1, 0.15) is 18.1 Å². The Labute approximate surface area is 318 Å². The van der Waals surface area contributed by atoms with Crippen molar-refractivity contribution in [3.05, 3.63) is 153 Å². The molecule has 0 unspecified atom stereocenters. The van der Waals surface area contributed by atoms with Crippen molar-refractivity contribution in [2.75, 3.05) is 32.8 Å². The molecule has 1 saturated heterocycles. The number of piperazine rings is 1. The van der Waals surface area contributed by atoms with Gasteiger partial charge >= 0.3 is 0 Å². The first kappa shape index (κ1) is 37.6. The average Bonchev–Trinajstić information content (AvgIpc) is 3.17. The maximum atomic E-state index is 13.6. The number of carbonyl (C=O) groups excluding carboxylic acids is 1. The van der Waals surface area contributed by atoms with Crippen molar-refractivity contribution in [3.63, 3.8) is 0 Å². The Hall–Kier alpha value is -5.11. The summed E-state index contributed by atoms with van der Waals surface area (Å²) in [6.45, 7) is 15.0. The number of rotatable bonds is 13. The van der Waals surface area contributed by atoms with Gasteiger partial charge in [0.15, 0.2) is 5.75 Å². The summed E-state index contributed by atoms with van der Waals surface area (Å²) in [6.07, 6.45) is 2.51. The molecule has 53 heavy (non-hydrogen) atoms. The molecule has 2 heterocycles. The maximum Gasteiger partial charge on any atom is 0.249 e. The molecule has 1 aliphatic rings. The molecule has 0 aliphatic carbocycles. The molecule has 4 aromatic carbocycles. The van der Waals surface area contributed by atoms with Crippen molar-refractivity contribution in [2.45, 2.75) is 54.2 Å². The summed E-state index contributed by atoms with van der Waals surface area (Å²) in [4.78, 5) is 22.4. The number of carbonyl (C=O) groups is 1. The molecular formula is C45H48ClN3O4. The Morgan fingerprint density at radius 3 is 2.00 bits per heavy atom. The number of aryl methyl sites for hydroxylation is 3. The lowest BCUT2D eigenvalue weighted by Gasteiger charge is -2.35. The summed E-state index contributed by atoms with van der Waals surface area (Å²) in [5.41, 5.74) is 9.42. The molecule has 1 aromatic heterocycles. The quantitative estimate of drug-likeness (QED) is 0.113. The summed E-state index contributed by atoms with van der Waals surface area (Å²) in [7, 11) is 0. The Morgan fingerprint density at radius 1 is 0.736 bits per heavy atom. The number of hydrogen-bond donors (Lipinski definition) is 0. The first-order valence-electron chi connectivity index (χ1n) is 18.2. The van der Waals surface area contributed by atoms with Gasteiger partial charge < -0.3 is 19.1 Å². The lowest BCUT2D eigenvalue weighted by atomic mass is 9.99. The summed E-state index contributed by atoms with van der Waals surface area (Å²) < 4.78 is 17.9. The zero-order valence-electron chi connectivity index (χ0n) is 31.3. The van der Waals surface area contributed by atoms with Gasteiger partial charge in [-0.2, -0.15) is 0 Å². The number of hydrogen-bond acceptors (Lipinski definition) is 6. The van der Waals surface area contributed by atoms with Crippen LogP contribution in [0.5, 0.6) is 23.1 Å². The van der Waals surface area contributed by atoms with Gasteiger partial charge in [-0.15, -0.1) is 0 Å². The third-order valence-corrected chi connectivity index (χ3v) is 10.0. The van der Waals surface area contributed by atoms with Crippen LogP contribution in [0.15, 0.2) is 109 Å². The highest BCUT2D eigenvalue weighted by Crippen LogP contribution is 2.36. The topological polar surface area (TPSA) is 64.1 Å². The van der Waals surface area contributed by atoms with Gasteiger partial charge in [0.25, 0.3) is 0 Å². The second-order valence-corrected chi connectivity index (χ2v) is 14.3. The van der Waals surface area contributed by atoms with Crippen LogP contribution in [0, 0.1) is 20.8 Å². The second-order valence-electron chi connectivity index (χ2n) is 13.9. The van der Waals surface area contributed by atoms with Crippen LogP contribution in [0.4, 0.5) is 0 Å². The van der Waals surface area contributed by atoms with E-state index in [-0.39, 0.29) is 5.91 Å². The molecule has 8 heteroatoms. The highest BCUT2D eigenvalue weighted by molar-refractivity contribution is 6.32.